The molecule has 0 fully saturated rings. The molecule has 1 unspecified atom stereocenters. The number of unbranched alkanes of at least 4 members (excludes halogenated alkanes) is 1. The summed E-state index contributed by atoms with van der Waals surface area (Å²) in [4.78, 5) is 31.2. The fourth-order valence-electron chi connectivity index (χ4n) is 5.13. The first-order valence-electron chi connectivity index (χ1n) is 13.1. The van der Waals surface area contributed by atoms with Crippen LogP contribution >= 0.6 is 0 Å². The maximum Gasteiger partial charge on any atom is 0.247 e. The smallest absolute Gasteiger partial charge is 0.247 e. The van der Waals surface area contributed by atoms with E-state index in [4.69, 9.17) is 4.74 Å². The Bertz CT molecular complexity index is 1390. The third-order valence-corrected chi connectivity index (χ3v) is 7.08. The van der Waals surface area contributed by atoms with Gasteiger partial charge in [0.1, 0.15) is 18.3 Å². The predicted octanol–water partition coefficient (Wildman–Crippen LogP) is 5.79. The second-order valence-corrected chi connectivity index (χ2v) is 9.56. The van der Waals surface area contributed by atoms with Crippen molar-refractivity contribution in [3.05, 3.63) is 114 Å². The van der Waals surface area contributed by atoms with Crippen molar-refractivity contribution in [2.24, 2.45) is 0 Å². The van der Waals surface area contributed by atoms with E-state index < -0.39 is 0 Å². The van der Waals surface area contributed by atoms with E-state index >= 15 is 0 Å². The molecule has 1 aliphatic heterocycles. The number of ether oxygens (including phenoxy) is 1. The first-order chi connectivity index (χ1) is 18.6. The number of hydrogen-bond donors (Lipinski definition) is 0. The lowest BCUT2D eigenvalue weighted by atomic mass is 9.97. The largest absolute Gasteiger partial charge is 0.497 e. The van der Waals surface area contributed by atoms with Crippen LogP contribution in [0.1, 0.15) is 42.6 Å². The summed E-state index contributed by atoms with van der Waals surface area (Å²) in [5.74, 6) is 0.617. The number of aromatic nitrogens is 1. The Hall–Kier alpha value is -4.32. The van der Waals surface area contributed by atoms with Crippen LogP contribution in [-0.2, 0) is 16.0 Å². The van der Waals surface area contributed by atoms with Gasteiger partial charge in [0.15, 0.2) is 0 Å². The lowest BCUT2D eigenvalue weighted by Crippen LogP contribution is -2.47. The molecule has 0 N–H and O–H groups in total. The van der Waals surface area contributed by atoms with Crippen LogP contribution in [0.25, 0.3) is 5.69 Å². The van der Waals surface area contributed by atoms with Gasteiger partial charge in [0, 0.05) is 12.7 Å². The molecule has 3 aromatic carbocycles. The molecule has 5 rings (SSSR count). The Balaban J connectivity index is 1.51. The Morgan fingerprint density at radius 1 is 0.868 bits per heavy atom. The van der Waals surface area contributed by atoms with E-state index in [2.05, 4.69) is 17.6 Å². The number of hydrogen-bond acceptors (Lipinski definition) is 3. The first kappa shape index (κ1) is 25.3. The molecule has 1 aromatic heterocycles. The minimum absolute atomic E-state index is 0.0212. The van der Waals surface area contributed by atoms with Crippen molar-refractivity contribution in [2.45, 2.75) is 32.2 Å². The average Bonchev–Trinajstić information content (AvgIpc) is 3.45. The summed E-state index contributed by atoms with van der Waals surface area (Å²) in [5, 5.41) is 0. The van der Waals surface area contributed by atoms with E-state index in [1.54, 1.807) is 12.0 Å². The Morgan fingerprint density at radius 2 is 1.58 bits per heavy atom. The van der Waals surface area contributed by atoms with E-state index in [0.29, 0.717) is 6.54 Å². The van der Waals surface area contributed by atoms with Crippen LogP contribution < -0.4 is 9.64 Å². The zero-order valence-corrected chi connectivity index (χ0v) is 21.9. The van der Waals surface area contributed by atoms with Crippen LogP contribution in [-0.4, -0.2) is 41.5 Å². The highest BCUT2D eigenvalue weighted by Crippen LogP contribution is 2.42. The van der Waals surface area contributed by atoms with E-state index in [0.717, 1.165) is 46.8 Å². The minimum atomic E-state index is -0.337. The van der Waals surface area contributed by atoms with Crippen molar-refractivity contribution in [3.8, 4) is 11.4 Å². The molecular formula is C32H33N3O3. The van der Waals surface area contributed by atoms with Gasteiger partial charge in [0.05, 0.1) is 30.6 Å². The second-order valence-electron chi connectivity index (χ2n) is 9.56. The SMILES string of the molecule is CCCCN(CC(=O)N1c2ccccc2-n2cccc2C1c1ccc(OC)cc1)C(=O)Cc1ccccc1. The normalized spacial score (nSPS) is 13.9. The highest BCUT2D eigenvalue weighted by molar-refractivity contribution is 6.00. The van der Waals surface area contributed by atoms with E-state index in [1.165, 1.54) is 0 Å². The molecule has 1 aliphatic rings. The van der Waals surface area contributed by atoms with Gasteiger partial charge in [-0.3, -0.25) is 14.5 Å². The molecule has 0 saturated heterocycles. The number of nitrogens with zero attached hydrogens (tertiary/aromatic N) is 3. The Labute approximate surface area is 224 Å². The van der Waals surface area contributed by atoms with Crippen molar-refractivity contribution < 1.29 is 14.3 Å². The maximum absolute atomic E-state index is 14.2. The molecule has 38 heavy (non-hydrogen) atoms. The van der Waals surface area contributed by atoms with Gasteiger partial charge in [0.2, 0.25) is 11.8 Å². The molecule has 0 aliphatic carbocycles. The summed E-state index contributed by atoms with van der Waals surface area (Å²) in [6, 6.07) is 29.2. The van der Waals surface area contributed by atoms with Gasteiger partial charge in [-0.2, -0.15) is 0 Å². The summed E-state index contributed by atoms with van der Waals surface area (Å²) in [6.07, 6.45) is 4.09. The quantitative estimate of drug-likeness (QED) is 0.288. The molecule has 6 heteroatoms. The predicted molar refractivity (Wildman–Crippen MR) is 150 cm³/mol. The Kier molecular flexibility index (Phi) is 7.59. The summed E-state index contributed by atoms with van der Waals surface area (Å²) in [7, 11) is 1.64. The van der Waals surface area contributed by atoms with E-state index in [1.807, 2.05) is 96.0 Å². The van der Waals surface area contributed by atoms with E-state index in [-0.39, 0.29) is 30.8 Å². The standard InChI is InChI=1S/C32H33N3O3/c1-3-4-20-33(30(36)22-24-11-6-5-7-12-24)23-31(37)35-28-14-9-8-13-27(28)34-21-10-15-29(34)32(35)25-16-18-26(38-2)19-17-25/h5-19,21,32H,3-4,20,22-23H2,1-2H3. The average molecular weight is 508 g/mol. The van der Waals surface area contributed by atoms with Crippen molar-refractivity contribution in [2.75, 3.05) is 25.1 Å². The fraction of sp³-hybridized carbons (Fsp3) is 0.250. The van der Waals surface area contributed by atoms with Crippen LogP contribution in [0.3, 0.4) is 0 Å². The van der Waals surface area contributed by atoms with Gasteiger partial charge >= 0.3 is 0 Å². The van der Waals surface area contributed by atoms with Crippen molar-refractivity contribution >= 4 is 17.5 Å². The van der Waals surface area contributed by atoms with Gasteiger partial charge in [-0.05, 0) is 53.9 Å². The zero-order chi connectivity index (χ0) is 26.5. The molecule has 2 amide bonds. The number of anilines is 1. The zero-order valence-electron chi connectivity index (χ0n) is 21.9. The number of methoxy groups -OCH3 is 1. The highest BCUT2D eigenvalue weighted by atomic mass is 16.5. The van der Waals surface area contributed by atoms with Crippen molar-refractivity contribution in [3.63, 3.8) is 0 Å². The first-order valence-corrected chi connectivity index (χ1v) is 13.1. The topological polar surface area (TPSA) is 54.8 Å². The van der Waals surface area contributed by atoms with Crippen molar-refractivity contribution in [1.29, 1.82) is 0 Å². The van der Waals surface area contributed by atoms with Crippen LogP contribution in [0.5, 0.6) is 5.75 Å². The second kappa shape index (κ2) is 11.4. The van der Waals surface area contributed by atoms with Crippen LogP contribution in [0.4, 0.5) is 5.69 Å². The number of para-hydroxylation sites is 2. The summed E-state index contributed by atoms with van der Waals surface area (Å²) in [6.45, 7) is 2.66. The van der Waals surface area contributed by atoms with Gasteiger partial charge < -0.3 is 14.2 Å². The number of fused-ring (bicyclic) bond motifs is 3. The van der Waals surface area contributed by atoms with Crippen molar-refractivity contribution in [1.82, 2.24) is 9.47 Å². The maximum atomic E-state index is 14.2. The van der Waals surface area contributed by atoms with Crippen LogP contribution in [0.2, 0.25) is 0 Å². The number of benzene rings is 3. The molecule has 0 spiro atoms. The lowest BCUT2D eigenvalue weighted by Gasteiger charge is -2.39. The van der Waals surface area contributed by atoms with Gasteiger partial charge in [0.25, 0.3) is 0 Å². The summed E-state index contributed by atoms with van der Waals surface area (Å²) in [5.41, 5.74) is 4.69. The number of carbonyl (C=O) groups excluding carboxylic acids is 2. The van der Waals surface area contributed by atoms with Gasteiger partial charge in [-0.25, -0.2) is 0 Å². The number of amides is 2. The Morgan fingerprint density at radius 3 is 2.29 bits per heavy atom. The highest BCUT2D eigenvalue weighted by Gasteiger charge is 2.36. The molecule has 0 bridgehead atoms. The molecule has 6 nitrogen and oxygen atoms in total. The summed E-state index contributed by atoms with van der Waals surface area (Å²) < 4.78 is 7.52. The lowest BCUT2D eigenvalue weighted by molar-refractivity contribution is -0.134. The molecule has 4 aromatic rings. The van der Waals surface area contributed by atoms with E-state index in [9.17, 15) is 9.59 Å². The van der Waals surface area contributed by atoms with Gasteiger partial charge in [-0.1, -0.05) is 67.9 Å². The fourth-order valence-corrected chi connectivity index (χ4v) is 5.13. The molecular weight excluding hydrogens is 474 g/mol. The van der Waals surface area contributed by atoms with Gasteiger partial charge in [-0.15, -0.1) is 0 Å². The monoisotopic (exact) mass is 507 g/mol. The third-order valence-electron chi connectivity index (χ3n) is 7.08. The van der Waals surface area contributed by atoms with Crippen LogP contribution in [0, 0.1) is 0 Å². The molecule has 1 atom stereocenters. The molecule has 194 valence electrons. The molecule has 0 radical (unpaired) electrons. The molecule has 0 saturated carbocycles. The third kappa shape index (κ3) is 5.07. The summed E-state index contributed by atoms with van der Waals surface area (Å²) >= 11 is 0. The molecule has 2 heterocycles. The van der Waals surface area contributed by atoms with Crippen LogP contribution in [0.15, 0.2) is 97.2 Å². The minimum Gasteiger partial charge on any atom is -0.497 e. The number of rotatable bonds is 9. The number of carbonyl (C=O) groups is 2.